The van der Waals surface area contributed by atoms with Crippen LogP contribution < -0.4 is 5.73 Å². The van der Waals surface area contributed by atoms with Crippen molar-refractivity contribution in [3.8, 4) is 0 Å². The van der Waals surface area contributed by atoms with Gasteiger partial charge in [-0.3, -0.25) is 4.79 Å². The fourth-order valence-electron chi connectivity index (χ4n) is 2.31. The van der Waals surface area contributed by atoms with Crippen LogP contribution in [0.3, 0.4) is 0 Å². The predicted octanol–water partition coefficient (Wildman–Crippen LogP) is 2.64. The third-order valence-corrected chi connectivity index (χ3v) is 3.33. The molecule has 0 aliphatic heterocycles. The molecule has 1 amide bonds. The van der Waals surface area contributed by atoms with Crippen molar-refractivity contribution in [1.29, 1.82) is 0 Å². The Morgan fingerprint density at radius 3 is 2.00 bits per heavy atom. The van der Waals surface area contributed by atoms with Gasteiger partial charge in [0, 0.05) is 19.6 Å². The summed E-state index contributed by atoms with van der Waals surface area (Å²) < 4.78 is 0. The van der Waals surface area contributed by atoms with Gasteiger partial charge in [-0.2, -0.15) is 0 Å². The SMILES string of the molecule is CCC(CC)N(C)C(=O)C(CN)CC(C)(C)C. The lowest BCUT2D eigenvalue weighted by Gasteiger charge is -2.32. The highest BCUT2D eigenvalue weighted by Crippen LogP contribution is 2.25. The number of hydrogen-bond acceptors (Lipinski definition) is 2. The molecular weight excluding hydrogens is 212 g/mol. The Balaban J connectivity index is 4.63. The maximum Gasteiger partial charge on any atom is 0.226 e. The molecule has 2 N–H and O–H groups in total. The molecule has 0 aromatic heterocycles. The highest BCUT2D eigenvalue weighted by molar-refractivity contribution is 5.79. The Labute approximate surface area is 107 Å². The van der Waals surface area contributed by atoms with E-state index in [1.54, 1.807) is 0 Å². The van der Waals surface area contributed by atoms with E-state index >= 15 is 0 Å². The summed E-state index contributed by atoms with van der Waals surface area (Å²) in [7, 11) is 1.91. The fraction of sp³-hybridized carbons (Fsp3) is 0.929. The molecule has 1 atom stereocenters. The molecule has 0 aliphatic carbocycles. The molecule has 0 aromatic rings. The van der Waals surface area contributed by atoms with E-state index in [-0.39, 0.29) is 17.2 Å². The average molecular weight is 242 g/mol. The Morgan fingerprint density at radius 1 is 1.24 bits per heavy atom. The molecule has 17 heavy (non-hydrogen) atoms. The highest BCUT2D eigenvalue weighted by Gasteiger charge is 2.28. The molecular formula is C14H30N2O. The van der Waals surface area contributed by atoms with Gasteiger partial charge in [-0.05, 0) is 24.7 Å². The summed E-state index contributed by atoms with van der Waals surface area (Å²) in [5, 5.41) is 0. The van der Waals surface area contributed by atoms with Crippen LogP contribution in [0, 0.1) is 11.3 Å². The Hall–Kier alpha value is -0.570. The van der Waals surface area contributed by atoms with E-state index in [1.807, 2.05) is 11.9 Å². The number of nitrogens with two attached hydrogens (primary N) is 1. The second-order valence-corrected chi connectivity index (χ2v) is 6.12. The summed E-state index contributed by atoms with van der Waals surface area (Å²) >= 11 is 0. The van der Waals surface area contributed by atoms with Crippen LogP contribution in [0.2, 0.25) is 0 Å². The van der Waals surface area contributed by atoms with Gasteiger partial charge >= 0.3 is 0 Å². The lowest BCUT2D eigenvalue weighted by atomic mass is 9.84. The van der Waals surface area contributed by atoms with Crippen LogP contribution in [0.5, 0.6) is 0 Å². The molecule has 3 heteroatoms. The van der Waals surface area contributed by atoms with Crippen molar-refractivity contribution < 1.29 is 4.79 Å². The second-order valence-electron chi connectivity index (χ2n) is 6.12. The molecule has 0 saturated heterocycles. The van der Waals surface area contributed by atoms with Crippen molar-refractivity contribution in [3.05, 3.63) is 0 Å². The zero-order chi connectivity index (χ0) is 13.6. The van der Waals surface area contributed by atoms with Gasteiger partial charge in [0.15, 0.2) is 0 Å². The summed E-state index contributed by atoms with van der Waals surface area (Å²) in [5.41, 5.74) is 5.90. The number of amides is 1. The lowest BCUT2D eigenvalue weighted by molar-refractivity contribution is -0.137. The monoisotopic (exact) mass is 242 g/mol. The standard InChI is InChI=1S/C14H30N2O/c1-7-12(8-2)16(6)13(17)11(10-15)9-14(3,4)5/h11-12H,7-10,15H2,1-6H3. The zero-order valence-corrected chi connectivity index (χ0v) is 12.4. The van der Waals surface area contributed by atoms with E-state index in [0.29, 0.717) is 12.6 Å². The average Bonchev–Trinajstić information content (AvgIpc) is 2.25. The molecule has 1 unspecified atom stereocenters. The summed E-state index contributed by atoms with van der Waals surface area (Å²) in [6.45, 7) is 11.2. The lowest BCUT2D eigenvalue weighted by Crippen LogP contribution is -2.43. The van der Waals surface area contributed by atoms with Gasteiger partial charge in [-0.25, -0.2) is 0 Å². The fourth-order valence-corrected chi connectivity index (χ4v) is 2.31. The molecule has 0 aliphatic rings. The second kappa shape index (κ2) is 7.00. The van der Waals surface area contributed by atoms with Gasteiger partial charge in [0.2, 0.25) is 5.91 Å². The van der Waals surface area contributed by atoms with E-state index in [9.17, 15) is 4.79 Å². The highest BCUT2D eigenvalue weighted by atomic mass is 16.2. The van der Waals surface area contributed by atoms with Gasteiger partial charge < -0.3 is 10.6 Å². The van der Waals surface area contributed by atoms with Crippen LogP contribution in [-0.2, 0) is 4.79 Å². The predicted molar refractivity (Wildman–Crippen MR) is 73.8 cm³/mol. The zero-order valence-electron chi connectivity index (χ0n) is 12.4. The smallest absolute Gasteiger partial charge is 0.226 e. The third-order valence-electron chi connectivity index (χ3n) is 3.33. The van der Waals surface area contributed by atoms with Crippen molar-refractivity contribution in [2.24, 2.45) is 17.1 Å². The summed E-state index contributed by atoms with van der Waals surface area (Å²) in [6.07, 6.45) is 2.87. The van der Waals surface area contributed by atoms with Crippen LogP contribution in [0.1, 0.15) is 53.9 Å². The van der Waals surface area contributed by atoms with Crippen LogP contribution in [-0.4, -0.2) is 30.4 Å². The Morgan fingerprint density at radius 2 is 1.71 bits per heavy atom. The summed E-state index contributed by atoms with van der Waals surface area (Å²) in [6, 6.07) is 0.344. The van der Waals surface area contributed by atoms with Gasteiger partial charge in [0.1, 0.15) is 0 Å². The van der Waals surface area contributed by atoms with Gasteiger partial charge in [0.05, 0.1) is 5.92 Å². The van der Waals surface area contributed by atoms with Gasteiger partial charge in [0.25, 0.3) is 0 Å². The number of carbonyl (C=O) groups excluding carboxylic acids is 1. The largest absolute Gasteiger partial charge is 0.343 e. The number of carbonyl (C=O) groups is 1. The van der Waals surface area contributed by atoms with E-state index in [1.165, 1.54) is 0 Å². The van der Waals surface area contributed by atoms with Gasteiger partial charge in [-0.15, -0.1) is 0 Å². The van der Waals surface area contributed by atoms with Crippen molar-refractivity contribution in [2.75, 3.05) is 13.6 Å². The van der Waals surface area contributed by atoms with Crippen molar-refractivity contribution in [2.45, 2.75) is 59.9 Å². The van der Waals surface area contributed by atoms with Crippen LogP contribution in [0.25, 0.3) is 0 Å². The maximum absolute atomic E-state index is 12.4. The molecule has 3 nitrogen and oxygen atoms in total. The molecule has 0 aromatic carbocycles. The minimum Gasteiger partial charge on any atom is -0.343 e. The molecule has 0 spiro atoms. The number of rotatable bonds is 6. The first-order chi connectivity index (χ1) is 7.76. The van der Waals surface area contributed by atoms with Crippen LogP contribution >= 0.6 is 0 Å². The molecule has 102 valence electrons. The summed E-state index contributed by atoms with van der Waals surface area (Å²) in [5.74, 6) is 0.164. The van der Waals surface area contributed by atoms with E-state index < -0.39 is 0 Å². The minimum atomic E-state index is -0.0411. The van der Waals surface area contributed by atoms with E-state index in [0.717, 1.165) is 19.3 Å². The van der Waals surface area contributed by atoms with Crippen molar-refractivity contribution in [3.63, 3.8) is 0 Å². The Kier molecular flexibility index (Phi) is 6.76. The quantitative estimate of drug-likeness (QED) is 0.778. The van der Waals surface area contributed by atoms with Gasteiger partial charge in [-0.1, -0.05) is 34.6 Å². The number of hydrogen-bond donors (Lipinski definition) is 1. The third kappa shape index (κ3) is 5.53. The first kappa shape index (κ1) is 16.4. The van der Waals surface area contributed by atoms with Crippen LogP contribution in [0.4, 0.5) is 0 Å². The van der Waals surface area contributed by atoms with E-state index in [2.05, 4.69) is 34.6 Å². The molecule has 0 saturated carbocycles. The van der Waals surface area contributed by atoms with E-state index in [4.69, 9.17) is 5.73 Å². The maximum atomic E-state index is 12.4. The Bertz CT molecular complexity index is 229. The van der Waals surface area contributed by atoms with Crippen molar-refractivity contribution >= 4 is 5.91 Å². The molecule has 0 heterocycles. The summed E-state index contributed by atoms with van der Waals surface area (Å²) in [4.78, 5) is 14.2. The molecule has 0 bridgehead atoms. The van der Waals surface area contributed by atoms with Crippen molar-refractivity contribution in [1.82, 2.24) is 4.90 Å². The number of nitrogens with zero attached hydrogens (tertiary/aromatic N) is 1. The van der Waals surface area contributed by atoms with Crippen LogP contribution in [0.15, 0.2) is 0 Å². The first-order valence-corrected chi connectivity index (χ1v) is 6.73. The topological polar surface area (TPSA) is 46.3 Å². The first-order valence-electron chi connectivity index (χ1n) is 6.73. The molecule has 0 rings (SSSR count). The minimum absolute atomic E-state index is 0.0411. The molecule has 0 radical (unpaired) electrons. The normalized spacial score (nSPS) is 13.9. The molecule has 0 fully saturated rings.